The highest BCUT2D eigenvalue weighted by Gasteiger charge is 2.60. The Balaban J connectivity index is 1.40. The Labute approximate surface area is 153 Å². The van der Waals surface area contributed by atoms with Gasteiger partial charge in [-0.05, 0) is 91.8 Å². The van der Waals surface area contributed by atoms with Gasteiger partial charge in [-0.25, -0.2) is 0 Å². The van der Waals surface area contributed by atoms with Crippen molar-refractivity contribution in [3.8, 4) is 0 Å². The van der Waals surface area contributed by atoms with Gasteiger partial charge in [-0.15, -0.1) is 0 Å². The maximum atomic E-state index is 11.7. The molecule has 1 heterocycles. The van der Waals surface area contributed by atoms with Crippen LogP contribution in [0.3, 0.4) is 0 Å². The summed E-state index contributed by atoms with van der Waals surface area (Å²) in [6, 6.07) is 0. The summed E-state index contributed by atoms with van der Waals surface area (Å²) >= 11 is 0. The predicted molar refractivity (Wildman–Crippen MR) is 98.9 cm³/mol. The van der Waals surface area contributed by atoms with E-state index in [1.165, 1.54) is 64.2 Å². The predicted octanol–water partition coefficient (Wildman–Crippen LogP) is 5.60. The summed E-state index contributed by atoms with van der Waals surface area (Å²) in [5.41, 5.74) is 1.13. The van der Waals surface area contributed by atoms with Gasteiger partial charge in [0, 0.05) is 5.92 Å². The Morgan fingerprint density at radius 1 is 0.840 bits per heavy atom. The van der Waals surface area contributed by atoms with E-state index in [4.69, 9.17) is 4.74 Å². The van der Waals surface area contributed by atoms with Gasteiger partial charge < -0.3 is 4.74 Å². The maximum Gasteiger partial charge on any atom is 0.306 e. The minimum Gasteiger partial charge on any atom is -0.465 e. The second kappa shape index (κ2) is 5.73. The fourth-order valence-electron chi connectivity index (χ4n) is 8.90. The van der Waals surface area contributed by atoms with Crippen LogP contribution in [0.1, 0.15) is 84.5 Å². The number of esters is 1. The van der Waals surface area contributed by atoms with Crippen molar-refractivity contribution in [1.82, 2.24) is 0 Å². The monoisotopic (exact) mass is 344 g/mol. The molecule has 25 heavy (non-hydrogen) atoms. The Kier molecular flexibility index (Phi) is 3.81. The summed E-state index contributed by atoms with van der Waals surface area (Å²) in [4.78, 5) is 11.7. The topological polar surface area (TPSA) is 26.3 Å². The molecule has 8 atom stereocenters. The first-order chi connectivity index (χ1) is 12.0. The molecule has 0 radical (unpaired) electrons. The first-order valence-corrected chi connectivity index (χ1v) is 11.2. The van der Waals surface area contributed by atoms with Crippen LogP contribution in [0.5, 0.6) is 0 Å². The molecule has 0 spiro atoms. The summed E-state index contributed by atoms with van der Waals surface area (Å²) < 4.78 is 5.36. The molecule has 2 heteroatoms. The largest absolute Gasteiger partial charge is 0.465 e. The zero-order valence-corrected chi connectivity index (χ0v) is 16.3. The van der Waals surface area contributed by atoms with Crippen LogP contribution in [-0.4, -0.2) is 12.6 Å². The third-order valence-electron chi connectivity index (χ3n) is 10.1. The smallest absolute Gasteiger partial charge is 0.306 e. The molecule has 5 aliphatic rings. The molecule has 2 nitrogen and oxygen atoms in total. The second-order valence-electron chi connectivity index (χ2n) is 10.8. The lowest BCUT2D eigenvalue weighted by atomic mass is 9.44. The van der Waals surface area contributed by atoms with Crippen molar-refractivity contribution in [2.75, 3.05) is 6.61 Å². The standard InChI is InChI=1S/C23H36O2/c1-22-11-4-3-5-16(22)6-7-17-19-9-8-18(15-13-21(24)25-14-15)23(19,2)12-10-20(17)22/h15-20H,3-14H2,1-2H3/t15-,16+,17-,18+,19+,20-,22-,23+/m0/s1. The van der Waals surface area contributed by atoms with E-state index in [-0.39, 0.29) is 5.97 Å². The molecule has 5 fully saturated rings. The lowest BCUT2D eigenvalue weighted by molar-refractivity contribution is -0.137. The SMILES string of the molecule is C[C@]12CC[C@H]3[C@@H](CC[C@H]4CCCC[C@@]43C)[C@H]1CC[C@@H]2[C@@H]1COC(=O)C1. The third kappa shape index (κ3) is 2.31. The number of ether oxygens (including phenoxy) is 1. The van der Waals surface area contributed by atoms with Crippen LogP contribution in [-0.2, 0) is 9.53 Å². The van der Waals surface area contributed by atoms with Gasteiger partial charge in [0.1, 0.15) is 0 Å². The van der Waals surface area contributed by atoms with E-state index in [1.54, 1.807) is 0 Å². The van der Waals surface area contributed by atoms with E-state index in [0.29, 0.717) is 29.8 Å². The lowest BCUT2D eigenvalue weighted by Crippen LogP contribution is -2.53. The van der Waals surface area contributed by atoms with E-state index in [2.05, 4.69) is 13.8 Å². The van der Waals surface area contributed by atoms with E-state index < -0.39 is 0 Å². The number of carbonyl (C=O) groups excluding carboxylic acids is 1. The van der Waals surface area contributed by atoms with Crippen molar-refractivity contribution >= 4 is 5.97 Å². The second-order valence-corrected chi connectivity index (χ2v) is 10.8. The van der Waals surface area contributed by atoms with Crippen molar-refractivity contribution in [2.45, 2.75) is 84.5 Å². The number of hydrogen-bond donors (Lipinski definition) is 0. The lowest BCUT2D eigenvalue weighted by Gasteiger charge is -2.60. The van der Waals surface area contributed by atoms with Crippen LogP contribution in [0, 0.1) is 46.3 Å². The average molecular weight is 345 g/mol. The molecule has 0 aromatic carbocycles. The van der Waals surface area contributed by atoms with Gasteiger partial charge in [-0.2, -0.15) is 0 Å². The molecule has 0 unspecified atom stereocenters. The summed E-state index contributed by atoms with van der Waals surface area (Å²) in [6.07, 6.45) is 15.3. The van der Waals surface area contributed by atoms with Crippen molar-refractivity contribution < 1.29 is 9.53 Å². The zero-order valence-electron chi connectivity index (χ0n) is 16.3. The van der Waals surface area contributed by atoms with E-state index in [9.17, 15) is 4.79 Å². The molecule has 0 amide bonds. The van der Waals surface area contributed by atoms with E-state index >= 15 is 0 Å². The van der Waals surface area contributed by atoms with Gasteiger partial charge in [-0.3, -0.25) is 4.79 Å². The number of fused-ring (bicyclic) bond motifs is 5. The molecule has 0 aromatic heterocycles. The molecule has 5 rings (SSSR count). The molecule has 1 saturated heterocycles. The van der Waals surface area contributed by atoms with Gasteiger partial charge in [0.05, 0.1) is 13.0 Å². The van der Waals surface area contributed by atoms with Crippen LogP contribution >= 0.6 is 0 Å². The average Bonchev–Trinajstić information content (AvgIpc) is 3.16. The van der Waals surface area contributed by atoms with Crippen molar-refractivity contribution in [3.63, 3.8) is 0 Å². The van der Waals surface area contributed by atoms with Crippen LogP contribution in [0.4, 0.5) is 0 Å². The Morgan fingerprint density at radius 3 is 2.44 bits per heavy atom. The van der Waals surface area contributed by atoms with Gasteiger partial charge in [0.2, 0.25) is 0 Å². The highest BCUT2D eigenvalue weighted by atomic mass is 16.5. The van der Waals surface area contributed by atoms with Crippen LogP contribution in [0.25, 0.3) is 0 Å². The molecule has 1 aliphatic heterocycles. The summed E-state index contributed by atoms with van der Waals surface area (Å²) in [7, 11) is 0. The molecule has 140 valence electrons. The van der Waals surface area contributed by atoms with Crippen molar-refractivity contribution in [2.24, 2.45) is 46.3 Å². The normalized spacial score (nSPS) is 55.2. The zero-order chi connectivity index (χ0) is 17.2. The highest BCUT2D eigenvalue weighted by molar-refractivity contribution is 5.71. The quantitative estimate of drug-likeness (QED) is 0.579. The Bertz CT molecular complexity index is 556. The first kappa shape index (κ1) is 16.6. The molecule has 0 bridgehead atoms. The van der Waals surface area contributed by atoms with E-state index in [1.807, 2.05) is 0 Å². The summed E-state index contributed by atoms with van der Waals surface area (Å²) in [6.45, 7) is 5.98. The number of cyclic esters (lactones) is 1. The van der Waals surface area contributed by atoms with Gasteiger partial charge in [0.15, 0.2) is 0 Å². The summed E-state index contributed by atoms with van der Waals surface area (Å²) in [5, 5.41) is 0. The molecule has 4 saturated carbocycles. The first-order valence-electron chi connectivity index (χ1n) is 11.2. The minimum atomic E-state index is 0.0564. The summed E-state index contributed by atoms with van der Waals surface area (Å²) in [5.74, 6) is 5.21. The van der Waals surface area contributed by atoms with Crippen molar-refractivity contribution in [1.29, 1.82) is 0 Å². The third-order valence-corrected chi connectivity index (χ3v) is 10.1. The molecular formula is C23H36O2. The number of rotatable bonds is 1. The van der Waals surface area contributed by atoms with Crippen LogP contribution in [0.2, 0.25) is 0 Å². The van der Waals surface area contributed by atoms with Gasteiger partial charge in [0.25, 0.3) is 0 Å². The fraction of sp³-hybridized carbons (Fsp3) is 0.957. The molecule has 0 N–H and O–H groups in total. The number of carbonyl (C=O) groups is 1. The Hall–Kier alpha value is -0.530. The van der Waals surface area contributed by atoms with Gasteiger partial charge in [-0.1, -0.05) is 26.7 Å². The maximum absolute atomic E-state index is 11.7. The molecule has 0 aromatic rings. The minimum absolute atomic E-state index is 0.0564. The fourth-order valence-corrected chi connectivity index (χ4v) is 8.90. The van der Waals surface area contributed by atoms with Crippen molar-refractivity contribution in [3.05, 3.63) is 0 Å². The molecule has 4 aliphatic carbocycles. The van der Waals surface area contributed by atoms with Crippen LogP contribution < -0.4 is 0 Å². The van der Waals surface area contributed by atoms with Gasteiger partial charge >= 0.3 is 5.97 Å². The van der Waals surface area contributed by atoms with Crippen LogP contribution in [0.15, 0.2) is 0 Å². The van der Waals surface area contributed by atoms with E-state index in [0.717, 1.165) is 29.6 Å². The highest BCUT2D eigenvalue weighted by Crippen LogP contribution is 2.68. The Morgan fingerprint density at radius 2 is 1.64 bits per heavy atom. The number of hydrogen-bond acceptors (Lipinski definition) is 2. The molecular weight excluding hydrogens is 308 g/mol.